The number of methoxy groups -OCH3 is 1. The van der Waals surface area contributed by atoms with Gasteiger partial charge < -0.3 is 25.4 Å². The minimum atomic E-state index is -1.16. The number of esters is 1. The van der Waals surface area contributed by atoms with E-state index in [2.05, 4.69) is 25.8 Å². The molecule has 1 saturated heterocycles. The summed E-state index contributed by atoms with van der Waals surface area (Å²) in [6.45, 7) is 15.0. The van der Waals surface area contributed by atoms with Crippen LogP contribution in [0.4, 0.5) is 4.39 Å². The van der Waals surface area contributed by atoms with Crippen LogP contribution in [0, 0.1) is 38.9 Å². The fraction of sp³-hybridized carbons (Fsp3) is 0.360. The first-order valence-electron chi connectivity index (χ1n) is 22.0. The van der Waals surface area contributed by atoms with Gasteiger partial charge in [0.25, 0.3) is 5.91 Å². The number of likely N-dealkylation sites (tertiary alicyclic amines) is 1. The van der Waals surface area contributed by atoms with Crippen LogP contribution in [0.25, 0.3) is 26.6 Å². The quantitative estimate of drug-likeness (QED) is 0.109. The number of carbonyl (C=O) groups is 4. The molecule has 0 bridgehead atoms. The van der Waals surface area contributed by atoms with E-state index in [1.165, 1.54) is 24.1 Å². The first-order chi connectivity index (χ1) is 31.8. The first-order valence-corrected chi connectivity index (χ1v) is 23.7. The number of amides is 3. The van der Waals surface area contributed by atoms with Crippen molar-refractivity contribution in [2.24, 2.45) is 10.4 Å². The van der Waals surface area contributed by atoms with Crippen LogP contribution in [0.3, 0.4) is 0 Å². The summed E-state index contributed by atoms with van der Waals surface area (Å²) in [6.07, 6.45) is -0.960. The largest absolute Gasteiger partial charge is 0.469 e. The number of ether oxygens (including phenoxy) is 1. The summed E-state index contributed by atoms with van der Waals surface area (Å²) in [6, 6.07) is 16.4. The molecule has 1 fully saturated rings. The van der Waals surface area contributed by atoms with Gasteiger partial charge in [0.1, 0.15) is 34.8 Å². The minimum Gasteiger partial charge on any atom is -0.469 e. The number of β-amino-alcohol motifs (C(OH)–C–C–N with tert-alkyl or cyclic N) is 1. The Hall–Kier alpha value is -6.43. The summed E-state index contributed by atoms with van der Waals surface area (Å²) in [4.78, 5) is 67.5. The van der Waals surface area contributed by atoms with Gasteiger partial charge in [0.05, 0.1) is 53.0 Å². The second-order valence-electron chi connectivity index (χ2n) is 18.2. The lowest BCUT2D eigenvalue weighted by Crippen LogP contribution is -2.58. The zero-order chi connectivity index (χ0) is 48.1. The summed E-state index contributed by atoms with van der Waals surface area (Å²) in [7, 11) is 1.34. The maximum absolute atomic E-state index is 16.0. The van der Waals surface area contributed by atoms with E-state index in [-0.39, 0.29) is 24.9 Å². The molecule has 3 aromatic carbocycles. The van der Waals surface area contributed by atoms with Crippen molar-refractivity contribution < 1.29 is 33.4 Å². The van der Waals surface area contributed by atoms with Crippen LogP contribution >= 0.6 is 22.7 Å². The molecule has 6 aromatic rings. The number of aliphatic hydroxyl groups excluding tert-OH is 1. The molecule has 3 N–H and O–H groups in total. The Balaban J connectivity index is 0.983. The van der Waals surface area contributed by atoms with Crippen LogP contribution in [0.15, 0.2) is 77.2 Å². The third-order valence-corrected chi connectivity index (χ3v) is 14.7. The van der Waals surface area contributed by atoms with Gasteiger partial charge >= 0.3 is 5.97 Å². The molecule has 14 nitrogen and oxygen atoms in total. The van der Waals surface area contributed by atoms with E-state index in [4.69, 9.17) is 9.73 Å². The summed E-state index contributed by atoms with van der Waals surface area (Å²) in [5, 5.41) is 26.2. The van der Waals surface area contributed by atoms with Crippen molar-refractivity contribution in [2.75, 3.05) is 13.7 Å². The van der Waals surface area contributed by atoms with Crippen molar-refractivity contribution in [1.29, 1.82) is 0 Å². The topological polar surface area (TPSA) is 181 Å². The third kappa shape index (κ3) is 9.32. The molecule has 5 heterocycles. The zero-order valence-electron chi connectivity index (χ0n) is 38.8. The number of carbonyl (C=O) groups excluding carboxylic acids is 4. The van der Waals surface area contributed by atoms with Crippen molar-refractivity contribution in [3.63, 3.8) is 0 Å². The van der Waals surface area contributed by atoms with Gasteiger partial charge in [-0.3, -0.25) is 28.7 Å². The highest BCUT2D eigenvalue weighted by Crippen LogP contribution is 2.40. The van der Waals surface area contributed by atoms with Crippen LogP contribution in [0.5, 0.6) is 0 Å². The number of hydrogen-bond acceptors (Lipinski definition) is 12. The number of aliphatic imine (C=N–C) groups is 1. The van der Waals surface area contributed by atoms with Crippen molar-refractivity contribution in [1.82, 2.24) is 35.3 Å². The summed E-state index contributed by atoms with van der Waals surface area (Å²) >= 11 is 3.16. The number of rotatable bonds is 11. The molecule has 8 rings (SSSR count). The number of thiazole rings is 1. The lowest BCUT2D eigenvalue weighted by atomic mass is 9.85. The molecule has 67 heavy (non-hydrogen) atoms. The number of aliphatic hydroxyl groups is 1. The van der Waals surface area contributed by atoms with Gasteiger partial charge in [-0.05, 0) is 80.0 Å². The van der Waals surface area contributed by atoms with Gasteiger partial charge in [-0.15, -0.1) is 32.9 Å². The number of benzene rings is 3. The second kappa shape index (κ2) is 18.7. The van der Waals surface area contributed by atoms with Crippen molar-refractivity contribution >= 4 is 52.1 Å². The van der Waals surface area contributed by atoms with E-state index < -0.39 is 65.2 Å². The minimum absolute atomic E-state index is 0.0253. The van der Waals surface area contributed by atoms with E-state index in [1.807, 2.05) is 87.7 Å². The van der Waals surface area contributed by atoms with Crippen LogP contribution in [0.2, 0.25) is 0 Å². The molecule has 5 atom stereocenters. The highest BCUT2D eigenvalue weighted by Gasteiger charge is 2.45. The Morgan fingerprint density at radius 3 is 2.24 bits per heavy atom. The Morgan fingerprint density at radius 1 is 0.925 bits per heavy atom. The Bertz CT molecular complexity index is 2920. The Morgan fingerprint density at radius 2 is 1.60 bits per heavy atom. The van der Waals surface area contributed by atoms with Crippen LogP contribution in [-0.2, 0) is 19.1 Å². The average Bonchev–Trinajstić information content (AvgIpc) is 4.07. The third-order valence-electron chi connectivity index (χ3n) is 12.6. The number of nitrogens with one attached hydrogen (secondary N) is 2. The molecule has 2 aliphatic rings. The van der Waals surface area contributed by atoms with Crippen molar-refractivity contribution in [3.8, 4) is 26.6 Å². The lowest BCUT2D eigenvalue weighted by molar-refractivity contribution is -0.142. The first kappa shape index (κ1) is 47.1. The molecule has 348 valence electrons. The number of halogens is 1. The average molecular weight is 945 g/mol. The monoisotopic (exact) mass is 944 g/mol. The van der Waals surface area contributed by atoms with Gasteiger partial charge in [0.2, 0.25) is 11.8 Å². The predicted octanol–water partition coefficient (Wildman–Crippen LogP) is 7.93. The number of hydrogen-bond donors (Lipinski definition) is 3. The molecular weight excluding hydrogens is 892 g/mol. The van der Waals surface area contributed by atoms with E-state index in [0.717, 1.165) is 48.3 Å². The zero-order valence-corrected chi connectivity index (χ0v) is 40.4. The number of thiophene rings is 1. The molecule has 1 unspecified atom stereocenters. The molecule has 0 spiro atoms. The summed E-state index contributed by atoms with van der Waals surface area (Å²) in [5.74, 6) is -1.79. The highest BCUT2D eigenvalue weighted by atomic mass is 32.1. The van der Waals surface area contributed by atoms with Crippen LogP contribution in [0.1, 0.15) is 107 Å². The molecular formula is C50H53FN8O6S2. The maximum Gasteiger partial charge on any atom is 0.308 e. The van der Waals surface area contributed by atoms with Crippen LogP contribution in [-0.4, -0.2) is 91.0 Å². The fourth-order valence-electron chi connectivity index (χ4n) is 8.69. The normalized spacial score (nSPS) is 17.7. The molecule has 3 aromatic heterocycles. The second-order valence-corrected chi connectivity index (χ2v) is 20.3. The van der Waals surface area contributed by atoms with E-state index >= 15 is 4.39 Å². The Labute approximate surface area is 396 Å². The van der Waals surface area contributed by atoms with Gasteiger partial charge in [-0.1, -0.05) is 75.4 Å². The van der Waals surface area contributed by atoms with E-state index in [9.17, 15) is 24.3 Å². The number of fused-ring (bicyclic) bond motifs is 3. The van der Waals surface area contributed by atoms with E-state index in [1.54, 1.807) is 55.0 Å². The smallest absolute Gasteiger partial charge is 0.308 e. The number of nitrogens with zero attached hydrogens (tertiary/aromatic N) is 6. The molecule has 3 amide bonds. The predicted molar refractivity (Wildman–Crippen MR) is 256 cm³/mol. The molecule has 0 aliphatic carbocycles. The number of aromatic nitrogens is 4. The standard InChI is InChI=1S/C50H53FN8O6S2/c1-25-28(4)67-49-41(25)42(54-38(22-40(61)65-9)45-57-56-29(5)59(45)49)32-14-12-31(13-15-32)34-18-19-36(37(51)20-34)46(62)55-44(50(6,7)8)48(64)58-23-35(60)21-39(58)47(63)53-26(2)30-10-16-33(17-11-30)43-27(3)52-24-66-43/h10-20,24,26,35,38-39,44,60H,21-23H2,1-9H3,(H,53,63)(H,55,62)/t26-,35+,38-,39-,44?/m0/s1. The maximum atomic E-state index is 16.0. The highest BCUT2D eigenvalue weighted by molar-refractivity contribution is 7.15. The Kier molecular flexibility index (Phi) is 13.1. The SMILES string of the molecule is COC(=O)C[C@@H]1N=C(c2ccc(-c3ccc(C(=O)NC(C(=O)N4C[C@H](O)C[C@H]4C(=O)N[C@@H](C)c4ccc(-c5scnc5C)cc4)C(C)(C)C)c(F)c3)cc2)c2c(sc(C)c2C)-n2c(C)nnc21. The number of aryl methyl sites for hydroxylation is 3. The van der Waals surface area contributed by atoms with Gasteiger partial charge in [-0.2, -0.15) is 0 Å². The van der Waals surface area contributed by atoms with E-state index in [0.29, 0.717) is 28.5 Å². The van der Waals surface area contributed by atoms with Gasteiger partial charge in [0, 0.05) is 29.0 Å². The van der Waals surface area contributed by atoms with Crippen LogP contribution < -0.4 is 10.6 Å². The molecule has 17 heteroatoms. The van der Waals surface area contributed by atoms with Gasteiger partial charge in [0.15, 0.2) is 5.82 Å². The summed E-state index contributed by atoms with van der Waals surface area (Å²) < 4.78 is 23.0. The summed E-state index contributed by atoms with van der Waals surface area (Å²) in [5.41, 5.74) is 8.12. The lowest BCUT2D eigenvalue weighted by Gasteiger charge is -2.35. The molecule has 0 saturated carbocycles. The molecule has 2 aliphatic heterocycles. The van der Waals surface area contributed by atoms with Crippen molar-refractivity contribution in [3.05, 3.63) is 128 Å². The molecule has 0 radical (unpaired) electrons. The van der Waals surface area contributed by atoms with Crippen molar-refractivity contribution in [2.45, 2.75) is 98.5 Å². The fourth-order valence-corrected chi connectivity index (χ4v) is 10.7. The van der Waals surface area contributed by atoms with Gasteiger partial charge in [-0.25, -0.2) is 9.37 Å².